The lowest BCUT2D eigenvalue weighted by atomic mass is 10.1. The number of aromatic amines is 1. The van der Waals surface area contributed by atoms with E-state index in [1.54, 1.807) is 0 Å². The Labute approximate surface area is 121 Å². The van der Waals surface area contributed by atoms with Crippen LogP contribution in [0.15, 0.2) is 42.5 Å². The third-order valence-corrected chi connectivity index (χ3v) is 3.74. The number of aromatic nitrogens is 2. The van der Waals surface area contributed by atoms with Gasteiger partial charge in [0.15, 0.2) is 4.77 Å². The van der Waals surface area contributed by atoms with E-state index < -0.39 is 0 Å². The topological polar surface area (TPSA) is 20.7 Å². The van der Waals surface area contributed by atoms with Crippen molar-refractivity contribution in [3.63, 3.8) is 0 Å². The van der Waals surface area contributed by atoms with Gasteiger partial charge < -0.3 is 4.98 Å². The summed E-state index contributed by atoms with van der Waals surface area (Å²) in [5.41, 5.74) is 4.38. The molecule has 0 aliphatic heterocycles. The molecule has 0 fully saturated rings. The van der Waals surface area contributed by atoms with Crippen molar-refractivity contribution in [3.8, 4) is 5.69 Å². The lowest BCUT2D eigenvalue weighted by Gasteiger charge is -2.06. The predicted octanol–water partition coefficient (Wildman–Crippen LogP) is 4.90. The number of benzene rings is 2. The highest BCUT2D eigenvalue weighted by atomic mass is 35.5. The van der Waals surface area contributed by atoms with Crippen molar-refractivity contribution in [2.24, 2.45) is 0 Å². The zero-order chi connectivity index (χ0) is 13.4. The van der Waals surface area contributed by atoms with E-state index in [0.717, 1.165) is 23.1 Å². The van der Waals surface area contributed by atoms with E-state index in [9.17, 15) is 0 Å². The molecule has 3 aromatic rings. The Balaban J connectivity index is 2.29. The fourth-order valence-corrected chi connectivity index (χ4v) is 2.74. The summed E-state index contributed by atoms with van der Waals surface area (Å²) in [5, 5.41) is 0.707. The first-order chi connectivity index (χ1) is 9.19. The number of fused-ring (bicyclic) bond motifs is 1. The maximum Gasteiger partial charge on any atom is 0.182 e. The molecule has 2 aromatic carbocycles. The lowest BCUT2D eigenvalue weighted by molar-refractivity contribution is 1.05. The first-order valence-corrected chi connectivity index (χ1v) is 6.97. The van der Waals surface area contributed by atoms with Crippen LogP contribution in [-0.4, -0.2) is 9.55 Å². The average molecular weight is 289 g/mol. The van der Waals surface area contributed by atoms with Crippen LogP contribution in [0.2, 0.25) is 5.02 Å². The minimum atomic E-state index is 0.686. The third-order valence-electron chi connectivity index (χ3n) is 3.22. The largest absolute Gasteiger partial charge is 0.330 e. The van der Waals surface area contributed by atoms with E-state index in [-0.39, 0.29) is 0 Å². The van der Waals surface area contributed by atoms with Gasteiger partial charge in [-0.3, -0.25) is 4.57 Å². The summed E-state index contributed by atoms with van der Waals surface area (Å²) < 4.78 is 2.73. The Morgan fingerprint density at radius 2 is 2.05 bits per heavy atom. The zero-order valence-electron chi connectivity index (χ0n) is 10.5. The number of H-pyrrole nitrogens is 1. The molecule has 0 saturated carbocycles. The number of rotatable bonds is 2. The van der Waals surface area contributed by atoms with Crippen LogP contribution in [0.25, 0.3) is 16.7 Å². The Kier molecular flexibility index (Phi) is 3.17. The molecule has 96 valence electrons. The van der Waals surface area contributed by atoms with Gasteiger partial charge in [-0.1, -0.05) is 30.7 Å². The van der Waals surface area contributed by atoms with E-state index in [4.69, 9.17) is 23.8 Å². The van der Waals surface area contributed by atoms with E-state index in [0.29, 0.717) is 9.79 Å². The third kappa shape index (κ3) is 2.20. The molecule has 0 aliphatic rings. The van der Waals surface area contributed by atoms with Crippen LogP contribution in [-0.2, 0) is 6.42 Å². The van der Waals surface area contributed by atoms with E-state index in [1.165, 1.54) is 5.56 Å². The lowest BCUT2D eigenvalue weighted by Crippen LogP contribution is -1.95. The van der Waals surface area contributed by atoms with Crippen molar-refractivity contribution >= 4 is 34.9 Å². The molecular formula is C15H13ClN2S. The fraction of sp³-hybridized carbons (Fsp3) is 0.133. The van der Waals surface area contributed by atoms with Gasteiger partial charge in [-0.25, -0.2) is 0 Å². The van der Waals surface area contributed by atoms with Crippen molar-refractivity contribution in [2.45, 2.75) is 13.3 Å². The average Bonchev–Trinajstić information content (AvgIpc) is 2.73. The molecule has 19 heavy (non-hydrogen) atoms. The van der Waals surface area contributed by atoms with Gasteiger partial charge in [0.05, 0.1) is 11.0 Å². The van der Waals surface area contributed by atoms with Crippen molar-refractivity contribution in [1.29, 1.82) is 0 Å². The Morgan fingerprint density at radius 1 is 1.21 bits per heavy atom. The number of hydrogen-bond acceptors (Lipinski definition) is 1. The summed E-state index contributed by atoms with van der Waals surface area (Å²) in [7, 11) is 0. The summed E-state index contributed by atoms with van der Waals surface area (Å²) >= 11 is 11.4. The van der Waals surface area contributed by atoms with Crippen LogP contribution in [0.1, 0.15) is 12.5 Å². The molecule has 1 heterocycles. The molecule has 0 bridgehead atoms. The molecule has 2 nitrogen and oxygen atoms in total. The molecular weight excluding hydrogens is 276 g/mol. The summed E-state index contributed by atoms with van der Waals surface area (Å²) in [6.45, 7) is 2.15. The molecule has 1 aromatic heterocycles. The van der Waals surface area contributed by atoms with Gasteiger partial charge >= 0.3 is 0 Å². The highest BCUT2D eigenvalue weighted by molar-refractivity contribution is 7.71. The summed E-state index contributed by atoms with van der Waals surface area (Å²) in [5.74, 6) is 0. The van der Waals surface area contributed by atoms with Crippen molar-refractivity contribution < 1.29 is 0 Å². The molecule has 1 N–H and O–H groups in total. The molecule has 4 heteroatoms. The Morgan fingerprint density at radius 3 is 2.84 bits per heavy atom. The van der Waals surface area contributed by atoms with Gasteiger partial charge in [-0.15, -0.1) is 0 Å². The normalized spacial score (nSPS) is 11.1. The minimum Gasteiger partial charge on any atom is -0.330 e. The van der Waals surface area contributed by atoms with Gasteiger partial charge in [0.25, 0.3) is 0 Å². The maximum atomic E-state index is 6.01. The molecule has 0 amide bonds. The summed E-state index contributed by atoms with van der Waals surface area (Å²) in [6, 6.07) is 14.2. The molecule has 0 radical (unpaired) electrons. The first kappa shape index (κ1) is 12.5. The first-order valence-electron chi connectivity index (χ1n) is 6.18. The second-order valence-corrected chi connectivity index (χ2v) is 5.27. The molecule has 0 spiro atoms. The smallest absolute Gasteiger partial charge is 0.182 e. The van der Waals surface area contributed by atoms with Gasteiger partial charge in [0.2, 0.25) is 0 Å². The molecule has 0 unspecified atom stereocenters. The zero-order valence-corrected chi connectivity index (χ0v) is 12.1. The summed E-state index contributed by atoms with van der Waals surface area (Å²) in [6.07, 6.45) is 1.01. The number of imidazole rings is 1. The number of nitrogens with zero attached hydrogens (tertiary/aromatic N) is 1. The van der Waals surface area contributed by atoms with Gasteiger partial charge in [-0.2, -0.15) is 0 Å². The van der Waals surface area contributed by atoms with Crippen LogP contribution in [0.3, 0.4) is 0 Å². The van der Waals surface area contributed by atoms with Gasteiger partial charge in [0.1, 0.15) is 0 Å². The number of aryl methyl sites for hydroxylation is 1. The highest BCUT2D eigenvalue weighted by Crippen LogP contribution is 2.23. The predicted molar refractivity (Wildman–Crippen MR) is 82.8 cm³/mol. The van der Waals surface area contributed by atoms with Crippen molar-refractivity contribution in [3.05, 3.63) is 57.8 Å². The monoisotopic (exact) mass is 288 g/mol. The van der Waals surface area contributed by atoms with Crippen molar-refractivity contribution in [2.75, 3.05) is 0 Å². The van der Waals surface area contributed by atoms with Gasteiger partial charge in [-0.05, 0) is 54.5 Å². The maximum absolute atomic E-state index is 6.01. The Bertz CT molecular complexity index is 801. The second-order valence-electron chi connectivity index (χ2n) is 4.45. The van der Waals surface area contributed by atoms with Crippen molar-refractivity contribution in [1.82, 2.24) is 9.55 Å². The molecule has 0 aliphatic carbocycles. The summed E-state index contributed by atoms with van der Waals surface area (Å²) in [4.78, 5) is 3.20. The van der Waals surface area contributed by atoms with E-state index in [2.05, 4.69) is 36.2 Å². The van der Waals surface area contributed by atoms with Crippen LogP contribution in [0.4, 0.5) is 0 Å². The standard InChI is InChI=1S/C15H13ClN2S/c1-2-10-4-3-5-12(8-10)18-14-7-6-11(16)9-13(14)17-15(18)19/h3-9H,2H2,1H3,(H,17,19). The van der Waals surface area contributed by atoms with E-state index >= 15 is 0 Å². The van der Waals surface area contributed by atoms with Gasteiger partial charge in [0, 0.05) is 10.7 Å². The SMILES string of the molecule is CCc1cccc(-n2c(=S)[nH]c3cc(Cl)ccc32)c1. The number of halogens is 1. The van der Waals surface area contributed by atoms with E-state index in [1.807, 2.05) is 22.8 Å². The van der Waals surface area contributed by atoms with Crippen LogP contribution in [0, 0.1) is 4.77 Å². The molecule has 3 rings (SSSR count). The highest BCUT2D eigenvalue weighted by Gasteiger charge is 2.07. The van der Waals surface area contributed by atoms with Crippen LogP contribution >= 0.6 is 23.8 Å². The van der Waals surface area contributed by atoms with Crippen LogP contribution in [0.5, 0.6) is 0 Å². The fourth-order valence-electron chi connectivity index (χ4n) is 2.26. The number of hydrogen-bond donors (Lipinski definition) is 1. The van der Waals surface area contributed by atoms with Crippen LogP contribution < -0.4 is 0 Å². The quantitative estimate of drug-likeness (QED) is 0.665. The minimum absolute atomic E-state index is 0.686. The Hall–Kier alpha value is -1.58. The second kappa shape index (κ2) is 4.83. The molecule has 0 saturated heterocycles. The molecule has 0 atom stereocenters. The number of nitrogens with one attached hydrogen (secondary N) is 1.